The van der Waals surface area contributed by atoms with Crippen LogP contribution < -0.4 is 0 Å². The van der Waals surface area contributed by atoms with Gasteiger partial charge in [-0.05, 0) is 34.9 Å². The lowest BCUT2D eigenvalue weighted by Gasteiger charge is -2.18. The fourth-order valence-corrected chi connectivity index (χ4v) is 2.51. The van der Waals surface area contributed by atoms with Gasteiger partial charge in [0.15, 0.2) is 6.10 Å². The third-order valence-electron chi connectivity index (χ3n) is 3.70. The zero-order valence-electron chi connectivity index (χ0n) is 13.5. The average molecular weight is 332 g/mol. The van der Waals surface area contributed by atoms with E-state index in [4.69, 9.17) is 4.74 Å². The van der Waals surface area contributed by atoms with Crippen molar-refractivity contribution in [2.24, 2.45) is 0 Å². The van der Waals surface area contributed by atoms with Gasteiger partial charge in [-0.1, -0.05) is 72.8 Å². The van der Waals surface area contributed by atoms with Gasteiger partial charge in [0.05, 0.1) is 0 Å². The van der Waals surface area contributed by atoms with Crippen LogP contribution in [0.2, 0.25) is 0 Å². The topological polar surface area (TPSA) is 26.3 Å². The predicted octanol–water partition coefficient (Wildman–Crippen LogP) is 5.17. The monoisotopic (exact) mass is 332 g/mol. The highest BCUT2D eigenvalue weighted by Crippen LogP contribution is 2.26. The zero-order chi connectivity index (χ0) is 17.5. The summed E-state index contributed by atoms with van der Waals surface area (Å²) in [7, 11) is 0. The summed E-state index contributed by atoms with van der Waals surface area (Å²) in [4.78, 5) is 12.3. The molecule has 25 heavy (non-hydrogen) atoms. The maximum Gasteiger partial charge on any atom is 0.331 e. The van der Waals surface area contributed by atoms with Crippen LogP contribution in [-0.4, -0.2) is 5.97 Å². The molecule has 0 heterocycles. The molecule has 2 nitrogen and oxygen atoms in total. The second-order valence-corrected chi connectivity index (χ2v) is 5.53. The van der Waals surface area contributed by atoms with Gasteiger partial charge in [0, 0.05) is 6.08 Å². The molecule has 3 aromatic rings. The van der Waals surface area contributed by atoms with Gasteiger partial charge in [0.1, 0.15) is 5.82 Å². The molecule has 0 saturated heterocycles. The van der Waals surface area contributed by atoms with Gasteiger partial charge in [-0.3, -0.25) is 0 Å². The van der Waals surface area contributed by atoms with Crippen molar-refractivity contribution >= 4 is 12.0 Å². The Balaban J connectivity index is 1.79. The summed E-state index contributed by atoms with van der Waals surface area (Å²) in [6.45, 7) is 0. The molecule has 0 fully saturated rings. The minimum atomic E-state index is -0.493. The van der Waals surface area contributed by atoms with E-state index in [1.54, 1.807) is 18.2 Å². The second kappa shape index (κ2) is 8.06. The molecule has 0 aromatic heterocycles. The van der Waals surface area contributed by atoms with Crippen LogP contribution in [0.5, 0.6) is 0 Å². The molecule has 0 radical (unpaired) electrons. The summed E-state index contributed by atoms with van der Waals surface area (Å²) in [6, 6.07) is 25.1. The molecular weight excluding hydrogens is 315 g/mol. The second-order valence-electron chi connectivity index (χ2n) is 5.53. The number of hydrogen-bond donors (Lipinski definition) is 0. The molecule has 0 bridgehead atoms. The van der Waals surface area contributed by atoms with Gasteiger partial charge in [-0.2, -0.15) is 0 Å². The number of esters is 1. The van der Waals surface area contributed by atoms with Gasteiger partial charge < -0.3 is 4.74 Å². The number of halogens is 1. The number of benzene rings is 3. The van der Waals surface area contributed by atoms with E-state index >= 15 is 0 Å². The third kappa shape index (κ3) is 4.64. The van der Waals surface area contributed by atoms with Crippen LogP contribution in [-0.2, 0) is 9.53 Å². The number of hydrogen-bond acceptors (Lipinski definition) is 2. The van der Waals surface area contributed by atoms with E-state index in [0.29, 0.717) is 5.56 Å². The Morgan fingerprint density at radius 1 is 0.840 bits per heavy atom. The molecule has 0 amide bonds. The molecular formula is C22H17FO2. The molecule has 124 valence electrons. The molecule has 0 unspecified atom stereocenters. The largest absolute Gasteiger partial charge is 0.449 e. The smallest absolute Gasteiger partial charge is 0.331 e. The standard InChI is InChI=1S/C22H17FO2/c23-20-13-7-8-17(16-20)14-15-21(24)25-22(18-9-3-1-4-10-18)19-11-5-2-6-12-19/h1-16,22H/b15-14+. The van der Waals surface area contributed by atoms with Crippen LogP contribution in [0.15, 0.2) is 91.0 Å². The van der Waals surface area contributed by atoms with Crippen molar-refractivity contribution in [3.63, 3.8) is 0 Å². The molecule has 3 aromatic carbocycles. The highest BCUT2D eigenvalue weighted by Gasteiger charge is 2.17. The van der Waals surface area contributed by atoms with Crippen molar-refractivity contribution in [1.29, 1.82) is 0 Å². The summed E-state index contributed by atoms with van der Waals surface area (Å²) in [5.74, 6) is -0.830. The minimum Gasteiger partial charge on any atom is -0.449 e. The molecule has 0 spiro atoms. The summed E-state index contributed by atoms with van der Waals surface area (Å²) in [6.07, 6.45) is 2.36. The summed E-state index contributed by atoms with van der Waals surface area (Å²) < 4.78 is 18.8. The average Bonchev–Trinajstić information content (AvgIpc) is 2.66. The van der Waals surface area contributed by atoms with E-state index in [0.717, 1.165) is 11.1 Å². The van der Waals surface area contributed by atoms with Crippen LogP contribution in [0.3, 0.4) is 0 Å². The maximum absolute atomic E-state index is 13.2. The molecule has 0 aliphatic heterocycles. The Labute approximate surface area is 146 Å². The van der Waals surface area contributed by atoms with Crippen molar-refractivity contribution in [2.45, 2.75) is 6.10 Å². The number of carbonyl (C=O) groups is 1. The van der Waals surface area contributed by atoms with Gasteiger partial charge in [0.2, 0.25) is 0 Å². The first-order valence-electron chi connectivity index (χ1n) is 7.96. The third-order valence-corrected chi connectivity index (χ3v) is 3.70. The van der Waals surface area contributed by atoms with E-state index in [9.17, 15) is 9.18 Å². The quantitative estimate of drug-likeness (QED) is 0.476. The van der Waals surface area contributed by atoms with Crippen molar-refractivity contribution < 1.29 is 13.9 Å². The Bertz CT molecular complexity index is 818. The van der Waals surface area contributed by atoms with Crippen LogP contribution in [0.25, 0.3) is 6.08 Å². The predicted molar refractivity (Wildman–Crippen MR) is 96.3 cm³/mol. The van der Waals surface area contributed by atoms with Gasteiger partial charge in [-0.25, -0.2) is 9.18 Å². The summed E-state index contributed by atoms with van der Waals surface area (Å²) >= 11 is 0. The van der Waals surface area contributed by atoms with Crippen LogP contribution in [0.1, 0.15) is 22.8 Å². The molecule has 3 rings (SSSR count). The molecule has 0 N–H and O–H groups in total. The van der Waals surface area contributed by atoms with E-state index in [-0.39, 0.29) is 5.82 Å². The first-order chi connectivity index (χ1) is 12.2. The van der Waals surface area contributed by atoms with Crippen LogP contribution in [0.4, 0.5) is 4.39 Å². The highest BCUT2D eigenvalue weighted by molar-refractivity contribution is 5.87. The number of rotatable bonds is 5. The molecule has 3 heteroatoms. The summed E-state index contributed by atoms with van der Waals surface area (Å²) in [5, 5.41) is 0. The lowest BCUT2D eigenvalue weighted by Crippen LogP contribution is -2.10. The van der Waals surface area contributed by atoms with Crippen LogP contribution in [0, 0.1) is 5.82 Å². The van der Waals surface area contributed by atoms with E-state index < -0.39 is 12.1 Å². The molecule has 0 atom stereocenters. The lowest BCUT2D eigenvalue weighted by molar-refractivity contribution is -0.141. The van der Waals surface area contributed by atoms with Gasteiger partial charge >= 0.3 is 5.97 Å². The fourth-order valence-electron chi connectivity index (χ4n) is 2.51. The Hall–Kier alpha value is -3.20. The lowest BCUT2D eigenvalue weighted by atomic mass is 10.0. The van der Waals surface area contributed by atoms with Crippen molar-refractivity contribution in [1.82, 2.24) is 0 Å². The Morgan fingerprint density at radius 2 is 1.44 bits per heavy atom. The Morgan fingerprint density at radius 3 is 2.00 bits per heavy atom. The first kappa shape index (κ1) is 16.7. The van der Waals surface area contributed by atoms with Crippen LogP contribution >= 0.6 is 0 Å². The van der Waals surface area contributed by atoms with Crippen molar-refractivity contribution in [2.75, 3.05) is 0 Å². The summed E-state index contributed by atoms with van der Waals surface area (Å²) in [5.41, 5.74) is 2.38. The minimum absolute atomic E-state index is 0.345. The Kier molecular flexibility index (Phi) is 5.37. The molecule has 0 aliphatic rings. The first-order valence-corrected chi connectivity index (χ1v) is 7.96. The van der Waals surface area contributed by atoms with E-state index in [1.165, 1.54) is 18.2 Å². The van der Waals surface area contributed by atoms with E-state index in [1.807, 2.05) is 60.7 Å². The maximum atomic E-state index is 13.2. The van der Waals surface area contributed by atoms with Gasteiger partial charge in [0.25, 0.3) is 0 Å². The normalized spacial score (nSPS) is 11.0. The van der Waals surface area contributed by atoms with Gasteiger partial charge in [-0.15, -0.1) is 0 Å². The van der Waals surface area contributed by atoms with E-state index in [2.05, 4.69) is 0 Å². The molecule has 0 saturated carbocycles. The number of ether oxygens (including phenoxy) is 1. The zero-order valence-corrected chi connectivity index (χ0v) is 13.5. The highest BCUT2D eigenvalue weighted by atomic mass is 19.1. The van der Waals surface area contributed by atoms with Crippen molar-refractivity contribution in [3.05, 3.63) is 114 Å². The SMILES string of the molecule is O=C(/C=C/c1cccc(F)c1)OC(c1ccccc1)c1ccccc1. The molecule has 0 aliphatic carbocycles. The van der Waals surface area contributed by atoms with Crippen molar-refractivity contribution in [3.8, 4) is 0 Å². The number of carbonyl (C=O) groups excluding carboxylic acids is 1. The fraction of sp³-hybridized carbons (Fsp3) is 0.0455.